The van der Waals surface area contributed by atoms with Crippen LogP contribution in [0, 0.1) is 0 Å². The fraction of sp³-hybridized carbons (Fsp3) is 0.556. The van der Waals surface area contributed by atoms with Crippen molar-refractivity contribution in [2.45, 2.75) is 19.8 Å². The third-order valence-electron chi connectivity index (χ3n) is 1.65. The van der Waals surface area contributed by atoms with Gasteiger partial charge in [-0.1, -0.05) is 13.3 Å². The molecule has 62 valence electrons. The van der Waals surface area contributed by atoms with Gasteiger partial charge in [0.25, 0.3) is 0 Å². The minimum Gasteiger partial charge on any atom is -0.369 e. The Morgan fingerprint density at radius 1 is 1.45 bits per heavy atom. The number of hydrogen-bond acceptors (Lipinski definition) is 2. The van der Waals surface area contributed by atoms with E-state index in [4.69, 9.17) is 0 Å². The van der Waals surface area contributed by atoms with Gasteiger partial charge in [-0.25, -0.2) is 0 Å². The van der Waals surface area contributed by atoms with Crippen LogP contribution in [0.5, 0.6) is 0 Å². The van der Waals surface area contributed by atoms with Crippen LogP contribution < -0.4 is 4.90 Å². The highest BCUT2D eigenvalue weighted by Gasteiger charge is 2.03. The average molecular weight is 169 g/mol. The molecule has 0 fully saturated rings. The van der Waals surface area contributed by atoms with Gasteiger partial charge in [0, 0.05) is 14.1 Å². The fourth-order valence-electron chi connectivity index (χ4n) is 1.18. The van der Waals surface area contributed by atoms with Gasteiger partial charge in [0.05, 0.1) is 5.00 Å². The summed E-state index contributed by atoms with van der Waals surface area (Å²) in [5, 5.41) is 3.58. The Bertz CT molecular complexity index is 215. The predicted octanol–water partition coefficient (Wildman–Crippen LogP) is 2.77. The summed E-state index contributed by atoms with van der Waals surface area (Å²) < 4.78 is 0. The van der Waals surface area contributed by atoms with E-state index in [0.29, 0.717) is 0 Å². The van der Waals surface area contributed by atoms with Crippen LogP contribution in [-0.4, -0.2) is 14.1 Å². The van der Waals surface area contributed by atoms with Crippen LogP contribution in [0.4, 0.5) is 5.00 Å². The van der Waals surface area contributed by atoms with Crippen LogP contribution in [-0.2, 0) is 6.42 Å². The summed E-state index contributed by atoms with van der Waals surface area (Å²) in [6, 6.07) is 2.23. The highest BCUT2D eigenvalue weighted by molar-refractivity contribution is 7.14. The van der Waals surface area contributed by atoms with Crippen LogP contribution in [0.3, 0.4) is 0 Å². The molecule has 2 heteroatoms. The number of anilines is 1. The Hall–Kier alpha value is -0.500. The van der Waals surface area contributed by atoms with Crippen molar-refractivity contribution in [1.82, 2.24) is 0 Å². The van der Waals surface area contributed by atoms with E-state index in [9.17, 15) is 0 Å². The number of nitrogens with zero attached hydrogens (tertiary/aromatic N) is 1. The monoisotopic (exact) mass is 169 g/mol. The van der Waals surface area contributed by atoms with Crippen molar-refractivity contribution in [1.29, 1.82) is 0 Å². The summed E-state index contributed by atoms with van der Waals surface area (Å²) in [6.45, 7) is 2.22. The zero-order valence-electron chi connectivity index (χ0n) is 7.42. The Morgan fingerprint density at radius 3 is 2.73 bits per heavy atom. The summed E-state index contributed by atoms with van der Waals surface area (Å²) >= 11 is 1.82. The van der Waals surface area contributed by atoms with Gasteiger partial charge in [-0.05, 0) is 23.4 Å². The average Bonchev–Trinajstić information content (AvgIpc) is 2.36. The third kappa shape index (κ3) is 1.96. The molecule has 0 atom stereocenters. The molecule has 0 amide bonds. The molecule has 0 aromatic carbocycles. The molecule has 0 saturated heterocycles. The molecule has 0 radical (unpaired) electrons. The van der Waals surface area contributed by atoms with Crippen molar-refractivity contribution >= 4 is 16.3 Å². The SMILES string of the molecule is CCCc1ccsc1N(C)C. The lowest BCUT2D eigenvalue weighted by atomic mass is 10.2. The first-order valence-electron chi connectivity index (χ1n) is 3.99. The number of rotatable bonds is 3. The van der Waals surface area contributed by atoms with E-state index in [-0.39, 0.29) is 0 Å². The molecule has 0 N–H and O–H groups in total. The van der Waals surface area contributed by atoms with Crippen molar-refractivity contribution in [2.24, 2.45) is 0 Å². The lowest BCUT2D eigenvalue weighted by Crippen LogP contribution is -2.08. The maximum absolute atomic E-state index is 2.23. The molecule has 0 unspecified atom stereocenters. The zero-order chi connectivity index (χ0) is 8.27. The van der Waals surface area contributed by atoms with Gasteiger partial charge >= 0.3 is 0 Å². The standard InChI is InChI=1S/C9H15NS/c1-4-5-8-6-7-11-9(8)10(2)3/h6-7H,4-5H2,1-3H3. The third-order valence-corrected chi connectivity index (χ3v) is 2.77. The summed E-state index contributed by atoms with van der Waals surface area (Å²) in [4.78, 5) is 2.19. The second kappa shape index (κ2) is 3.77. The first kappa shape index (κ1) is 8.60. The van der Waals surface area contributed by atoms with Crippen LogP contribution in [0.15, 0.2) is 11.4 Å². The molecule has 0 bridgehead atoms. The molecule has 1 aromatic heterocycles. The molecule has 0 aliphatic rings. The highest BCUT2D eigenvalue weighted by atomic mass is 32.1. The van der Waals surface area contributed by atoms with Gasteiger partial charge in [-0.2, -0.15) is 0 Å². The van der Waals surface area contributed by atoms with Gasteiger partial charge in [0.15, 0.2) is 0 Å². The minimum absolute atomic E-state index is 1.21. The normalized spacial score (nSPS) is 10.1. The maximum Gasteiger partial charge on any atom is 0.0935 e. The van der Waals surface area contributed by atoms with E-state index in [1.807, 2.05) is 11.3 Å². The van der Waals surface area contributed by atoms with Crippen molar-refractivity contribution < 1.29 is 0 Å². The lowest BCUT2D eigenvalue weighted by molar-refractivity contribution is 0.919. The van der Waals surface area contributed by atoms with Crippen LogP contribution >= 0.6 is 11.3 Å². The lowest BCUT2D eigenvalue weighted by Gasteiger charge is -2.11. The topological polar surface area (TPSA) is 3.24 Å². The van der Waals surface area contributed by atoms with Crippen LogP contribution in [0.2, 0.25) is 0 Å². The van der Waals surface area contributed by atoms with Gasteiger partial charge in [-0.15, -0.1) is 11.3 Å². The van der Waals surface area contributed by atoms with Gasteiger partial charge in [-0.3, -0.25) is 0 Å². The van der Waals surface area contributed by atoms with E-state index in [2.05, 4.69) is 37.4 Å². The summed E-state index contributed by atoms with van der Waals surface area (Å²) in [6.07, 6.45) is 2.44. The number of aryl methyl sites for hydroxylation is 1. The first-order valence-corrected chi connectivity index (χ1v) is 4.87. The Kier molecular flexibility index (Phi) is 2.94. The van der Waals surface area contributed by atoms with Crippen LogP contribution in [0.25, 0.3) is 0 Å². The predicted molar refractivity (Wildman–Crippen MR) is 52.6 cm³/mol. The summed E-state index contributed by atoms with van der Waals surface area (Å²) in [5.41, 5.74) is 1.49. The summed E-state index contributed by atoms with van der Waals surface area (Å²) in [5.74, 6) is 0. The minimum atomic E-state index is 1.21. The number of hydrogen-bond donors (Lipinski definition) is 0. The molecule has 1 nitrogen and oxygen atoms in total. The second-order valence-corrected chi connectivity index (χ2v) is 3.79. The van der Waals surface area contributed by atoms with Crippen LogP contribution in [0.1, 0.15) is 18.9 Å². The molecule has 0 aliphatic carbocycles. The van der Waals surface area contributed by atoms with E-state index in [1.54, 1.807) is 0 Å². The van der Waals surface area contributed by atoms with Crippen molar-refractivity contribution in [2.75, 3.05) is 19.0 Å². The molecule has 11 heavy (non-hydrogen) atoms. The summed E-state index contributed by atoms with van der Waals surface area (Å²) in [7, 11) is 4.20. The quantitative estimate of drug-likeness (QED) is 0.672. The molecule has 1 rings (SSSR count). The maximum atomic E-state index is 2.23. The van der Waals surface area contributed by atoms with E-state index in [0.717, 1.165) is 0 Å². The van der Waals surface area contributed by atoms with Crippen molar-refractivity contribution in [3.05, 3.63) is 17.0 Å². The zero-order valence-corrected chi connectivity index (χ0v) is 8.24. The molecular formula is C9H15NS. The van der Waals surface area contributed by atoms with Crippen molar-refractivity contribution in [3.8, 4) is 0 Å². The molecule has 0 aliphatic heterocycles. The first-order chi connectivity index (χ1) is 5.25. The van der Waals surface area contributed by atoms with E-state index >= 15 is 0 Å². The molecule has 1 heterocycles. The molecular weight excluding hydrogens is 154 g/mol. The Balaban J connectivity index is 2.78. The second-order valence-electron chi connectivity index (χ2n) is 2.90. The van der Waals surface area contributed by atoms with E-state index < -0.39 is 0 Å². The number of thiophene rings is 1. The van der Waals surface area contributed by atoms with E-state index in [1.165, 1.54) is 23.4 Å². The largest absolute Gasteiger partial charge is 0.369 e. The Labute approximate surface area is 72.7 Å². The molecule has 0 spiro atoms. The molecule has 0 saturated carbocycles. The molecule has 1 aromatic rings. The highest BCUT2D eigenvalue weighted by Crippen LogP contribution is 2.26. The van der Waals surface area contributed by atoms with Gasteiger partial charge in [0.1, 0.15) is 0 Å². The van der Waals surface area contributed by atoms with Gasteiger partial charge in [0.2, 0.25) is 0 Å². The Morgan fingerprint density at radius 2 is 2.18 bits per heavy atom. The van der Waals surface area contributed by atoms with Gasteiger partial charge < -0.3 is 4.90 Å². The smallest absolute Gasteiger partial charge is 0.0935 e. The fourth-order valence-corrected chi connectivity index (χ4v) is 2.07. The van der Waals surface area contributed by atoms with Crippen molar-refractivity contribution in [3.63, 3.8) is 0 Å².